The van der Waals surface area contributed by atoms with Gasteiger partial charge in [-0.2, -0.15) is 5.10 Å². The van der Waals surface area contributed by atoms with Gasteiger partial charge in [-0.1, -0.05) is 29.8 Å². The molecule has 0 unspecified atom stereocenters. The third-order valence-corrected chi connectivity index (χ3v) is 3.12. The Morgan fingerprint density at radius 2 is 2.00 bits per heavy atom. The number of furan rings is 1. The predicted molar refractivity (Wildman–Crippen MR) is 75.6 cm³/mol. The van der Waals surface area contributed by atoms with E-state index in [0.717, 1.165) is 28.1 Å². The number of nitrogen functional groups attached to an aromatic ring is 1. The van der Waals surface area contributed by atoms with Gasteiger partial charge in [0.05, 0.1) is 11.3 Å². The summed E-state index contributed by atoms with van der Waals surface area (Å²) in [5.74, 6) is 1.36. The average molecular weight is 253 g/mol. The molecule has 0 aliphatic heterocycles. The number of nitrogens with two attached hydrogens (primary N) is 1. The highest BCUT2D eigenvalue weighted by atomic mass is 16.3. The van der Waals surface area contributed by atoms with Crippen molar-refractivity contribution in [1.29, 1.82) is 0 Å². The normalized spacial score (nSPS) is 10.8. The van der Waals surface area contributed by atoms with Crippen molar-refractivity contribution in [3.8, 4) is 22.4 Å². The molecule has 3 N–H and O–H groups in total. The van der Waals surface area contributed by atoms with Crippen LogP contribution in [0.2, 0.25) is 0 Å². The van der Waals surface area contributed by atoms with E-state index in [1.165, 1.54) is 5.56 Å². The summed E-state index contributed by atoms with van der Waals surface area (Å²) in [6.07, 6.45) is 1.71. The van der Waals surface area contributed by atoms with Gasteiger partial charge in [0.25, 0.3) is 0 Å². The highest BCUT2D eigenvalue weighted by Gasteiger charge is 2.16. The summed E-state index contributed by atoms with van der Waals surface area (Å²) in [4.78, 5) is 0. The first-order chi connectivity index (χ1) is 9.15. The summed E-state index contributed by atoms with van der Waals surface area (Å²) in [7, 11) is 0. The van der Waals surface area contributed by atoms with Gasteiger partial charge in [-0.15, -0.1) is 0 Å². The molecule has 0 fully saturated rings. The molecule has 4 nitrogen and oxygen atoms in total. The molecule has 0 radical (unpaired) electrons. The van der Waals surface area contributed by atoms with Gasteiger partial charge in [-0.25, -0.2) is 0 Å². The Bertz CT molecular complexity index is 725. The number of anilines is 1. The third kappa shape index (κ3) is 2.01. The van der Waals surface area contributed by atoms with E-state index in [1.54, 1.807) is 6.26 Å². The number of hydrogen-bond acceptors (Lipinski definition) is 3. The molecule has 19 heavy (non-hydrogen) atoms. The van der Waals surface area contributed by atoms with Gasteiger partial charge in [0, 0.05) is 5.56 Å². The van der Waals surface area contributed by atoms with Crippen LogP contribution in [-0.4, -0.2) is 10.2 Å². The van der Waals surface area contributed by atoms with Crippen molar-refractivity contribution in [2.45, 2.75) is 13.8 Å². The molecule has 0 bridgehead atoms. The Morgan fingerprint density at radius 3 is 2.68 bits per heavy atom. The minimum absolute atomic E-state index is 0.499. The van der Waals surface area contributed by atoms with Crippen molar-refractivity contribution < 1.29 is 4.42 Å². The summed E-state index contributed by atoms with van der Waals surface area (Å²) in [6.45, 7) is 3.97. The highest BCUT2D eigenvalue weighted by molar-refractivity contribution is 5.87. The summed E-state index contributed by atoms with van der Waals surface area (Å²) >= 11 is 0. The van der Waals surface area contributed by atoms with Crippen molar-refractivity contribution in [3.05, 3.63) is 47.9 Å². The molecule has 2 aromatic heterocycles. The van der Waals surface area contributed by atoms with Crippen LogP contribution in [0.4, 0.5) is 5.82 Å². The number of aromatic amines is 1. The molecule has 3 rings (SSSR count). The zero-order valence-electron chi connectivity index (χ0n) is 10.9. The van der Waals surface area contributed by atoms with E-state index < -0.39 is 0 Å². The SMILES string of the molecule is Cc1cccc(-c2c(N)n[nH]c2-c2coc(C)c2)c1. The summed E-state index contributed by atoms with van der Waals surface area (Å²) in [6, 6.07) is 10.2. The number of benzene rings is 1. The van der Waals surface area contributed by atoms with Crippen molar-refractivity contribution in [3.63, 3.8) is 0 Å². The van der Waals surface area contributed by atoms with E-state index in [2.05, 4.69) is 29.3 Å². The number of nitrogens with zero attached hydrogens (tertiary/aromatic N) is 1. The fourth-order valence-electron chi connectivity index (χ4n) is 2.23. The van der Waals surface area contributed by atoms with Gasteiger partial charge in [0.1, 0.15) is 12.0 Å². The molecule has 4 heteroatoms. The lowest BCUT2D eigenvalue weighted by molar-refractivity contribution is 0.535. The van der Waals surface area contributed by atoms with E-state index >= 15 is 0 Å². The zero-order valence-corrected chi connectivity index (χ0v) is 10.9. The van der Waals surface area contributed by atoms with Crippen molar-refractivity contribution in [2.75, 3.05) is 5.73 Å². The van der Waals surface area contributed by atoms with Crippen molar-refractivity contribution in [1.82, 2.24) is 10.2 Å². The third-order valence-electron chi connectivity index (χ3n) is 3.12. The molecule has 96 valence electrons. The number of aromatic nitrogens is 2. The number of aryl methyl sites for hydroxylation is 2. The molecule has 0 saturated carbocycles. The monoisotopic (exact) mass is 253 g/mol. The predicted octanol–water partition coefficient (Wildman–Crippen LogP) is 3.54. The smallest absolute Gasteiger partial charge is 0.153 e. The first kappa shape index (κ1) is 11.6. The summed E-state index contributed by atoms with van der Waals surface area (Å²) in [5.41, 5.74) is 11.0. The largest absolute Gasteiger partial charge is 0.469 e. The fraction of sp³-hybridized carbons (Fsp3) is 0.133. The number of hydrogen-bond donors (Lipinski definition) is 2. The molecular formula is C15H15N3O. The van der Waals surface area contributed by atoms with Crippen LogP contribution in [0.1, 0.15) is 11.3 Å². The molecule has 0 atom stereocenters. The quantitative estimate of drug-likeness (QED) is 0.734. The molecule has 0 spiro atoms. The molecular weight excluding hydrogens is 238 g/mol. The zero-order chi connectivity index (χ0) is 13.4. The Morgan fingerprint density at radius 1 is 1.16 bits per heavy atom. The maximum Gasteiger partial charge on any atom is 0.153 e. The molecule has 0 amide bonds. The topological polar surface area (TPSA) is 67.8 Å². The Hall–Kier alpha value is -2.49. The number of nitrogens with one attached hydrogen (secondary N) is 1. The second-order valence-electron chi connectivity index (χ2n) is 4.67. The average Bonchev–Trinajstić information content (AvgIpc) is 2.95. The van der Waals surface area contributed by atoms with Crippen molar-refractivity contribution >= 4 is 5.82 Å². The second kappa shape index (κ2) is 4.31. The standard InChI is InChI=1S/C15H15N3O/c1-9-4-3-5-11(6-9)13-14(17-18-15(13)16)12-7-10(2)19-8-12/h3-8H,1-2H3,(H3,16,17,18). The lowest BCUT2D eigenvalue weighted by atomic mass is 10.0. The van der Waals surface area contributed by atoms with Crippen LogP contribution in [-0.2, 0) is 0 Å². The van der Waals surface area contributed by atoms with Crippen LogP contribution in [0.25, 0.3) is 22.4 Å². The van der Waals surface area contributed by atoms with Crippen LogP contribution in [0.15, 0.2) is 41.0 Å². The molecule has 0 aliphatic rings. The summed E-state index contributed by atoms with van der Waals surface area (Å²) < 4.78 is 5.35. The van der Waals surface area contributed by atoms with Gasteiger partial charge >= 0.3 is 0 Å². The van der Waals surface area contributed by atoms with E-state index in [4.69, 9.17) is 10.2 Å². The summed E-state index contributed by atoms with van der Waals surface area (Å²) in [5, 5.41) is 7.11. The van der Waals surface area contributed by atoms with Gasteiger partial charge in [-0.05, 0) is 25.5 Å². The van der Waals surface area contributed by atoms with E-state index in [0.29, 0.717) is 5.82 Å². The maximum atomic E-state index is 5.99. The molecule has 0 saturated heterocycles. The molecule has 3 aromatic rings. The molecule has 1 aromatic carbocycles. The van der Waals surface area contributed by atoms with E-state index in [-0.39, 0.29) is 0 Å². The van der Waals surface area contributed by atoms with Crippen molar-refractivity contribution in [2.24, 2.45) is 0 Å². The lowest BCUT2D eigenvalue weighted by Gasteiger charge is -2.04. The minimum atomic E-state index is 0.499. The number of H-pyrrole nitrogens is 1. The Kier molecular flexibility index (Phi) is 2.63. The van der Waals surface area contributed by atoms with Crippen LogP contribution < -0.4 is 5.73 Å². The van der Waals surface area contributed by atoms with Crippen LogP contribution >= 0.6 is 0 Å². The van der Waals surface area contributed by atoms with Gasteiger partial charge in [0.15, 0.2) is 5.82 Å². The van der Waals surface area contributed by atoms with Gasteiger partial charge in [0.2, 0.25) is 0 Å². The molecule has 0 aliphatic carbocycles. The first-order valence-electron chi connectivity index (χ1n) is 6.11. The van der Waals surface area contributed by atoms with E-state index in [1.807, 2.05) is 25.1 Å². The van der Waals surface area contributed by atoms with Crippen LogP contribution in [0.3, 0.4) is 0 Å². The maximum absolute atomic E-state index is 5.99. The van der Waals surface area contributed by atoms with Gasteiger partial charge < -0.3 is 10.2 Å². The fourth-order valence-corrected chi connectivity index (χ4v) is 2.23. The number of rotatable bonds is 2. The van der Waals surface area contributed by atoms with Gasteiger partial charge in [-0.3, -0.25) is 5.10 Å². The molecule has 2 heterocycles. The second-order valence-corrected chi connectivity index (χ2v) is 4.67. The van der Waals surface area contributed by atoms with Crippen LogP contribution in [0, 0.1) is 13.8 Å². The lowest BCUT2D eigenvalue weighted by Crippen LogP contribution is -1.89. The Labute approximate surface area is 111 Å². The Balaban J connectivity index is 2.19. The highest BCUT2D eigenvalue weighted by Crippen LogP contribution is 2.35. The van der Waals surface area contributed by atoms with E-state index in [9.17, 15) is 0 Å². The minimum Gasteiger partial charge on any atom is -0.469 e. The van der Waals surface area contributed by atoms with Crippen LogP contribution in [0.5, 0.6) is 0 Å². The first-order valence-corrected chi connectivity index (χ1v) is 6.11.